The van der Waals surface area contributed by atoms with Gasteiger partial charge < -0.3 is 9.67 Å². The van der Waals surface area contributed by atoms with Crippen LogP contribution in [0.15, 0.2) is 47.3 Å². The van der Waals surface area contributed by atoms with Crippen molar-refractivity contribution in [2.24, 2.45) is 0 Å². The summed E-state index contributed by atoms with van der Waals surface area (Å²) in [7, 11) is 0. The molecule has 0 radical (unpaired) electrons. The fourth-order valence-corrected chi connectivity index (χ4v) is 2.78. The SMILES string of the molecule is O=C(O)Cn1c(CCc2c(F)cccc2F)nc(=O)c2ccccc21. The number of carboxylic acid groups (broad SMARTS) is 1. The molecular formula is C18H14F2N2O3. The second-order valence-electron chi connectivity index (χ2n) is 5.53. The van der Waals surface area contributed by atoms with E-state index in [1.54, 1.807) is 24.3 Å². The number of halogens is 2. The van der Waals surface area contributed by atoms with Crippen LogP contribution in [0.25, 0.3) is 10.9 Å². The molecule has 5 nitrogen and oxygen atoms in total. The molecule has 0 bridgehead atoms. The van der Waals surface area contributed by atoms with Gasteiger partial charge in [0.2, 0.25) is 0 Å². The molecule has 0 atom stereocenters. The van der Waals surface area contributed by atoms with Crippen molar-refractivity contribution in [3.8, 4) is 0 Å². The van der Waals surface area contributed by atoms with Gasteiger partial charge in [0.1, 0.15) is 24.0 Å². The first-order valence-electron chi connectivity index (χ1n) is 7.60. The van der Waals surface area contributed by atoms with Gasteiger partial charge in [-0.2, -0.15) is 4.98 Å². The molecule has 0 saturated heterocycles. The van der Waals surface area contributed by atoms with E-state index < -0.39 is 29.7 Å². The van der Waals surface area contributed by atoms with E-state index in [1.165, 1.54) is 10.6 Å². The highest BCUT2D eigenvalue weighted by molar-refractivity contribution is 5.79. The Bertz CT molecular complexity index is 995. The van der Waals surface area contributed by atoms with Gasteiger partial charge in [-0.1, -0.05) is 18.2 Å². The van der Waals surface area contributed by atoms with Crippen LogP contribution in [0.1, 0.15) is 11.4 Å². The van der Waals surface area contributed by atoms with Crippen LogP contribution in [0.5, 0.6) is 0 Å². The molecule has 0 aliphatic carbocycles. The van der Waals surface area contributed by atoms with Gasteiger partial charge in [0.15, 0.2) is 0 Å². The summed E-state index contributed by atoms with van der Waals surface area (Å²) in [5.74, 6) is -2.30. The second-order valence-corrected chi connectivity index (χ2v) is 5.53. The first-order valence-corrected chi connectivity index (χ1v) is 7.60. The molecule has 128 valence electrons. The van der Waals surface area contributed by atoms with Crippen LogP contribution in [0.4, 0.5) is 8.78 Å². The van der Waals surface area contributed by atoms with Gasteiger partial charge in [-0.05, 0) is 30.7 Å². The molecule has 1 aromatic heterocycles. The summed E-state index contributed by atoms with van der Waals surface area (Å²) in [6, 6.07) is 10.1. The lowest BCUT2D eigenvalue weighted by Gasteiger charge is -2.14. The van der Waals surface area contributed by atoms with Gasteiger partial charge in [0.05, 0.1) is 10.9 Å². The molecule has 1 heterocycles. The van der Waals surface area contributed by atoms with Crippen LogP contribution >= 0.6 is 0 Å². The molecule has 0 fully saturated rings. The third-order valence-corrected chi connectivity index (χ3v) is 3.92. The van der Waals surface area contributed by atoms with Crippen molar-refractivity contribution in [3.05, 3.63) is 75.8 Å². The van der Waals surface area contributed by atoms with Crippen molar-refractivity contribution < 1.29 is 18.7 Å². The van der Waals surface area contributed by atoms with Gasteiger partial charge in [-0.15, -0.1) is 0 Å². The lowest BCUT2D eigenvalue weighted by molar-refractivity contribution is -0.137. The van der Waals surface area contributed by atoms with Gasteiger partial charge in [-0.3, -0.25) is 9.59 Å². The Morgan fingerprint density at radius 3 is 2.40 bits per heavy atom. The van der Waals surface area contributed by atoms with E-state index in [1.807, 2.05) is 0 Å². The highest BCUT2D eigenvalue weighted by Crippen LogP contribution is 2.17. The van der Waals surface area contributed by atoms with Crippen molar-refractivity contribution in [2.45, 2.75) is 19.4 Å². The molecule has 0 amide bonds. The molecule has 25 heavy (non-hydrogen) atoms. The first kappa shape index (κ1) is 16.8. The fraction of sp³-hybridized carbons (Fsp3) is 0.167. The number of benzene rings is 2. The van der Waals surface area contributed by atoms with Crippen LogP contribution in [-0.2, 0) is 24.2 Å². The molecule has 1 N–H and O–H groups in total. The van der Waals surface area contributed by atoms with E-state index in [0.29, 0.717) is 10.9 Å². The summed E-state index contributed by atoms with van der Waals surface area (Å²) < 4.78 is 28.9. The van der Waals surface area contributed by atoms with Gasteiger partial charge in [0, 0.05) is 12.0 Å². The Kier molecular flexibility index (Phi) is 4.56. The smallest absolute Gasteiger partial charge is 0.323 e. The normalized spacial score (nSPS) is 11.0. The zero-order valence-electron chi connectivity index (χ0n) is 13.1. The van der Waals surface area contributed by atoms with E-state index in [0.717, 1.165) is 12.1 Å². The Hall–Kier alpha value is -3.09. The van der Waals surface area contributed by atoms with E-state index >= 15 is 0 Å². The topological polar surface area (TPSA) is 72.2 Å². The number of para-hydroxylation sites is 1. The number of hydrogen-bond donors (Lipinski definition) is 1. The van der Waals surface area contributed by atoms with Crippen molar-refractivity contribution in [3.63, 3.8) is 0 Å². The standard InChI is InChI=1S/C18H14F2N2O3/c19-13-5-3-6-14(20)11(13)8-9-16-21-18(25)12-4-1-2-7-15(12)22(16)10-17(23)24/h1-7H,8-10H2,(H,23,24). The lowest BCUT2D eigenvalue weighted by Crippen LogP contribution is -2.22. The van der Waals surface area contributed by atoms with Crippen LogP contribution in [-0.4, -0.2) is 20.6 Å². The Labute approximate surface area is 141 Å². The maximum Gasteiger partial charge on any atom is 0.323 e. The lowest BCUT2D eigenvalue weighted by atomic mass is 10.1. The maximum absolute atomic E-state index is 13.8. The second kappa shape index (κ2) is 6.80. The molecule has 3 aromatic rings. The molecule has 0 aliphatic rings. The van der Waals surface area contributed by atoms with Crippen LogP contribution in [0, 0.1) is 11.6 Å². The third kappa shape index (κ3) is 3.40. The minimum atomic E-state index is -1.10. The molecule has 3 rings (SSSR count). The number of aliphatic carboxylic acids is 1. The Balaban J connectivity index is 2.06. The molecule has 0 spiro atoms. The average molecular weight is 344 g/mol. The number of rotatable bonds is 5. The molecule has 0 aliphatic heterocycles. The van der Waals surface area contributed by atoms with E-state index in [9.17, 15) is 18.4 Å². The molecule has 7 heteroatoms. The predicted molar refractivity (Wildman–Crippen MR) is 87.4 cm³/mol. The number of hydrogen-bond acceptors (Lipinski definition) is 3. The minimum Gasteiger partial charge on any atom is -0.480 e. The number of carboxylic acids is 1. The summed E-state index contributed by atoms with van der Waals surface area (Å²) in [6.45, 7) is -0.400. The monoisotopic (exact) mass is 344 g/mol. The number of fused-ring (bicyclic) bond motifs is 1. The predicted octanol–water partition coefficient (Wildman–Crippen LogP) is 2.54. The Morgan fingerprint density at radius 2 is 1.72 bits per heavy atom. The molecule has 0 saturated carbocycles. The molecule has 0 unspecified atom stereocenters. The van der Waals surface area contributed by atoms with Gasteiger partial charge in [-0.25, -0.2) is 8.78 Å². The van der Waals surface area contributed by atoms with Crippen molar-refractivity contribution in [2.75, 3.05) is 0 Å². The van der Waals surface area contributed by atoms with Crippen LogP contribution in [0.3, 0.4) is 0 Å². The van der Waals surface area contributed by atoms with E-state index in [4.69, 9.17) is 5.11 Å². The number of nitrogens with zero attached hydrogens (tertiary/aromatic N) is 2. The Morgan fingerprint density at radius 1 is 1.04 bits per heavy atom. The molecular weight excluding hydrogens is 330 g/mol. The largest absolute Gasteiger partial charge is 0.480 e. The van der Waals surface area contributed by atoms with Crippen molar-refractivity contribution in [1.29, 1.82) is 0 Å². The summed E-state index contributed by atoms with van der Waals surface area (Å²) in [5.41, 5.74) is -0.193. The van der Waals surface area contributed by atoms with E-state index in [2.05, 4.69) is 4.98 Å². The average Bonchev–Trinajstić information content (AvgIpc) is 2.57. The van der Waals surface area contributed by atoms with Crippen LogP contribution < -0.4 is 5.56 Å². The zero-order valence-corrected chi connectivity index (χ0v) is 13.1. The first-order chi connectivity index (χ1) is 12.0. The maximum atomic E-state index is 13.8. The minimum absolute atomic E-state index is 0.0329. The van der Waals surface area contributed by atoms with Gasteiger partial charge >= 0.3 is 5.97 Å². The highest BCUT2D eigenvalue weighted by atomic mass is 19.1. The third-order valence-electron chi connectivity index (χ3n) is 3.92. The summed E-state index contributed by atoms with van der Waals surface area (Å²) >= 11 is 0. The summed E-state index contributed by atoms with van der Waals surface area (Å²) in [5, 5.41) is 9.44. The molecule has 2 aromatic carbocycles. The highest BCUT2D eigenvalue weighted by Gasteiger charge is 2.15. The summed E-state index contributed by atoms with van der Waals surface area (Å²) in [6.07, 6.45) is -0.00584. The summed E-state index contributed by atoms with van der Waals surface area (Å²) in [4.78, 5) is 27.3. The number of aryl methyl sites for hydroxylation is 1. The van der Waals surface area contributed by atoms with Crippen LogP contribution in [0.2, 0.25) is 0 Å². The quantitative estimate of drug-likeness (QED) is 0.772. The zero-order chi connectivity index (χ0) is 18.0. The van der Waals surface area contributed by atoms with Crippen molar-refractivity contribution in [1.82, 2.24) is 9.55 Å². The van der Waals surface area contributed by atoms with Gasteiger partial charge in [0.25, 0.3) is 5.56 Å². The fourth-order valence-electron chi connectivity index (χ4n) is 2.78. The number of aromatic nitrogens is 2. The van der Waals surface area contributed by atoms with E-state index in [-0.39, 0.29) is 24.2 Å². The number of carbonyl (C=O) groups is 1. The van der Waals surface area contributed by atoms with Crippen molar-refractivity contribution >= 4 is 16.9 Å².